The van der Waals surface area contributed by atoms with E-state index in [0.29, 0.717) is 0 Å². The Morgan fingerprint density at radius 3 is 2.05 bits per heavy atom. The third kappa shape index (κ3) is 5.11. The largest absolute Gasteiger partial charge is 0.377 e. The van der Waals surface area contributed by atoms with Crippen LogP contribution in [0.1, 0.15) is 43.2 Å². The van der Waals surface area contributed by atoms with Crippen molar-refractivity contribution in [1.82, 2.24) is 19.5 Å². The molecule has 224 valence electrons. The van der Waals surface area contributed by atoms with Crippen molar-refractivity contribution in [3.05, 3.63) is 124 Å². The molecule has 5 aromatic rings. The van der Waals surface area contributed by atoms with Crippen molar-refractivity contribution in [1.29, 1.82) is 0 Å². The number of benzene rings is 3. The number of fused-ring (bicyclic) bond motifs is 1. The molecular weight excluding hydrogens is 562 g/mol. The number of anilines is 1. The van der Waals surface area contributed by atoms with Crippen LogP contribution in [-0.2, 0) is 24.7 Å². The summed E-state index contributed by atoms with van der Waals surface area (Å²) in [6.07, 6.45) is -0.798. The number of aromatic amines is 1. The molecule has 3 aromatic carbocycles. The van der Waals surface area contributed by atoms with Crippen molar-refractivity contribution in [3.8, 4) is 0 Å². The Labute approximate surface area is 252 Å². The summed E-state index contributed by atoms with van der Waals surface area (Å²) in [6.45, 7) is 2.56. The molecule has 0 saturated carbocycles. The Morgan fingerprint density at radius 2 is 1.55 bits per heavy atom. The Hall–Kier alpha value is -4.97. The predicted molar refractivity (Wildman–Crippen MR) is 162 cm³/mol. The van der Waals surface area contributed by atoms with Crippen LogP contribution in [0.4, 0.5) is 5.95 Å². The van der Waals surface area contributed by atoms with Crippen molar-refractivity contribution >= 4 is 28.8 Å². The van der Waals surface area contributed by atoms with Gasteiger partial charge in [-0.3, -0.25) is 29.3 Å². The topological polar surface area (TPSA) is 148 Å². The zero-order chi connectivity index (χ0) is 30.9. The monoisotopic (exact) mass is 593 g/mol. The maximum absolute atomic E-state index is 13.0. The molecule has 1 aliphatic heterocycles. The van der Waals surface area contributed by atoms with E-state index in [0.717, 1.165) is 16.7 Å². The average molecular weight is 594 g/mol. The van der Waals surface area contributed by atoms with Crippen molar-refractivity contribution in [2.24, 2.45) is 0 Å². The third-order valence-corrected chi connectivity index (χ3v) is 7.88. The summed E-state index contributed by atoms with van der Waals surface area (Å²) in [5.74, 6) is -1.06. The number of H-pyrrole nitrogens is 1. The molecule has 3 atom stereocenters. The lowest BCUT2D eigenvalue weighted by Gasteiger charge is -2.36. The van der Waals surface area contributed by atoms with Crippen LogP contribution in [0.15, 0.2) is 102 Å². The molecule has 0 bridgehead atoms. The second-order valence-corrected chi connectivity index (χ2v) is 10.8. The number of hydrogen-bond donors (Lipinski definition) is 3. The molecule has 3 heterocycles. The quantitative estimate of drug-likeness (QED) is 0.219. The van der Waals surface area contributed by atoms with Crippen LogP contribution in [0.2, 0.25) is 0 Å². The summed E-state index contributed by atoms with van der Waals surface area (Å²) in [5, 5.41) is 14.2. The summed E-state index contributed by atoms with van der Waals surface area (Å²) in [7, 11) is 0. The van der Waals surface area contributed by atoms with E-state index in [1.807, 2.05) is 91.0 Å². The number of nitrogens with one attached hydrogen (secondary N) is 2. The number of ether oxygens (including phenoxy) is 2. The van der Waals surface area contributed by atoms with Crippen LogP contribution in [0.3, 0.4) is 0 Å². The molecule has 1 amide bonds. The zero-order valence-corrected chi connectivity index (χ0v) is 24.1. The van der Waals surface area contributed by atoms with Gasteiger partial charge in [-0.05, 0) is 23.6 Å². The van der Waals surface area contributed by atoms with Crippen LogP contribution in [0, 0.1) is 0 Å². The lowest BCUT2D eigenvalue weighted by Crippen LogP contribution is -2.42. The van der Waals surface area contributed by atoms with Gasteiger partial charge in [-0.2, -0.15) is 4.98 Å². The number of amides is 1. The first-order valence-corrected chi connectivity index (χ1v) is 14.2. The molecule has 11 nitrogen and oxygen atoms in total. The molecule has 1 fully saturated rings. The Morgan fingerprint density at radius 1 is 1.00 bits per heavy atom. The summed E-state index contributed by atoms with van der Waals surface area (Å²) in [5.41, 5.74) is -0.936. The van der Waals surface area contributed by atoms with Gasteiger partial charge < -0.3 is 14.6 Å². The minimum atomic E-state index is -1.98. The smallest absolute Gasteiger partial charge is 0.280 e. The SMILES string of the molecule is CC(=O)Nc1nc2c(ncn2[C@@H]2O[C@H](COC(c3ccccc3)(c3ccccc3)c3ccccc3)C[C@]2(O)C(C)=O)c(=O)[nH]1. The minimum Gasteiger partial charge on any atom is -0.377 e. The van der Waals surface area contributed by atoms with Gasteiger partial charge in [0.05, 0.1) is 19.0 Å². The van der Waals surface area contributed by atoms with Crippen LogP contribution in [-0.4, -0.2) is 54.6 Å². The third-order valence-electron chi connectivity index (χ3n) is 7.88. The van der Waals surface area contributed by atoms with Gasteiger partial charge in [-0.1, -0.05) is 91.0 Å². The van der Waals surface area contributed by atoms with Crippen molar-refractivity contribution < 1.29 is 24.2 Å². The first kappa shape index (κ1) is 29.1. The highest BCUT2D eigenvalue weighted by Gasteiger charge is 2.53. The second-order valence-electron chi connectivity index (χ2n) is 10.8. The van der Waals surface area contributed by atoms with Crippen LogP contribution < -0.4 is 10.9 Å². The van der Waals surface area contributed by atoms with Gasteiger partial charge >= 0.3 is 0 Å². The van der Waals surface area contributed by atoms with Gasteiger partial charge in [0.25, 0.3) is 5.56 Å². The summed E-state index contributed by atoms with van der Waals surface area (Å²) in [6, 6.07) is 29.5. The number of nitrogens with zero attached hydrogens (tertiary/aromatic N) is 3. The van der Waals surface area contributed by atoms with E-state index in [-0.39, 0.29) is 30.1 Å². The first-order chi connectivity index (χ1) is 21.2. The number of ketones is 1. The number of aliphatic hydroxyl groups is 1. The van der Waals surface area contributed by atoms with E-state index in [4.69, 9.17) is 9.47 Å². The van der Waals surface area contributed by atoms with Gasteiger partial charge in [0.15, 0.2) is 28.8 Å². The van der Waals surface area contributed by atoms with E-state index in [1.165, 1.54) is 24.7 Å². The standard InChI is InChI=1S/C33H31N5O6/c1-21(39)32(42)18-26(44-30(32)38-20-34-27-28(38)36-31(35-22(2)40)37-29(27)41)19-43-33(23-12-6-3-7-13-23,24-14-8-4-9-15-24)25-16-10-5-11-17-25/h3-17,20,26,30,42H,18-19H2,1-2H3,(H2,35,36,37,40,41)/t26-,30+,32-/m0/s1. The van der Waals surface area contributed by atoms with Crippen LogP contribution in [0.25, 0.3) is 11.2 Å². The molecule has 0 radical (unpaired) electrons. The number of imidazole rings is 1. The number of rotatable bonds is 9. The maximum atomic E-state index is 13.0. The zero-order valence-electron chi connectivity index (χ0n) is 24.1. The predicted octanol–water partition coefficient (Wildman–Crippen LogP) is 3.69. The van der Waals surface area contributed by atoms with E-state index in [2.05, 4.69) is 20.3 Å². The fourth-order valence-electron chi connectivity index (χ4n) is 5.81. The lowest BCUT2D eigenvalue weighted by molar-refractivity contribution is -0.149. The fraction of sp³-hybridized carbons (Fsp3) is 0.242. The molecule has 6 rings (SSSR count). The lowest BCUT2D eigenvalue weighted by atomic mass is 9.80. The molecule has 44 heavy (non-hydrogen) atoms. The minimum absolute atomic E-state index is 0.00254. The first-order valence-electron chi connectivity index (χ1n) is 14.2. The highest BCUT2D eigenvalue weighted by Crippen LogP contribution is 2.44. The van der Waals surface area contributed by atoms with Crippen molar-refractivity contribution in [2.75, 3.05) is 11.9 Å². The molecule has 2 aromatic heterocycles. The molecular formula is C33H31N5O6. The number of aromatic nitrogens is 4. The Balaban J connectivity index is 1.39. The Kier molecular flexibility index (Phi) is 7.68. The summed E-state index contributed by atoms with van der Waals surface area (Å²) < 4.78 is 14.6. The van der Waals surface area contributed by atoms with Crippen molar-refractivity contribution in [3.63, 3.8) is 0 Å². The number of hydrogen-bond acceptors (Lipinski definition) is 8. The van der Waals surface area contributed by atoms with E-state index in [9.17, 15) is 19.5 Å². The molecule has 0 unspecified atom stereocenters. The van der Waals surface area contributed by atoms with Crippen molar-refractivity contribution in [2.45, 2.75) is 43.8 Å². The highest BCUT2D eigenvalue weighted by atomic mass is 16.6. The second kappa shape index (κ2) is 11.6. The summed E-state index contributed by atoms with van der Waals surface area (Å²) in [4.78, 5) is 48.2. The van der Waals surface area contributed by atoms with E-state index >= 15 is 0 Å². The molecule has 3 N–H and O–H groups in total. The van der Waals surface area contributed by atoms with Crippen LogP contribution >= 0.6 is 0 Å². The number of carbonyl (C=O) groups is 2. The summed E-state index contributed by atoms with van der Waals surface area (Å²) >= 11 is 0. The molecule has 11 heteroatoms. The van der Waals surface area contributed by atoms with Crippen LogP contribution in [0.5, 0.6) is 0 Å². The van der Waals surface area contributed by atoms with Gasteiger partial charge in [0.2, 0.25) is 11.9 Å². The Bertz CT molecular complexity index is 1760. The molecule has 0 aliphatic carbocycles. The van der Waals surface area contributed by atoms with E-state index in [1.54, 1.807) is 0 Å². The van der Waals surface area contributed by atoms with Gasteiger partial charge in [-0.25, -0.2) is 4.98 Å². The fourth-order valence-corrected chi connectivity index (χ4v) is 5.81. The van der Waals surface area contributed by atoms with Gasteiger partial charge in [0.1, 0.15) is 5.60 Å². The highest BCUT2D eigenvalue weighted by molar-refractivity contribution is 5.88. The normalized spacial score (nSPS) is 20.1. The van der Waals surface area contributed by atoms with E-state index < -0.39 is 40.8 Å². The van der Waals surface area contributed by atoms with Gasteiger partial charge in [-0.15, -0.1) is 0 Å². The number of carbonyl (C=O) groups excluding carboxylic acids is 2. The molecule has 0 spiro atoms. The molecule has 1 saturated heterocycles. The number of Topliss-reactive ketones (excluding diaryl/α,β-unsaturated/α-hetero) is 1. The molecule has 1 aliphatic rings. The van der Waals surface area contributed by atoms with Gasteiger partial charge in [0, 0.05) is 13.3 Å². The maximum Gasteiger partial charge on any atom is 0.280 e. The average Bonchev–Trinajstić information content (AvgIpc) is 3.60.